The summed E-state index contributed by atoms with van der Waals surface area (Å²) in [4.78, 5) is 19.7. The maximum atomic E-state index is 10.5. The van der Waals surface area contributed by atoms with Gasteiger partial charge < -0.3 is 21.9 Å². The van der Waals surface area contributed by atoms with Crippen LogP contribution in [0.1, 0.15) is 0 Å². The Morgan fingerprint density at radius 1 is 1.00 bits per heavy atom. The summed E-state index contributed by atoms with van der Waals surface area (Å²) in [5, 5.41) is 31.9. The maximum absolute atomic E-state index is 10.5. The van der Waals surface area contributed by atoms with Crippen LogP contribution in [-0.4, -0.2) is 28.1 Å². The number of nitrogens with one attached hydrogen (secondary N) is 1. The van der Waals surface area contributed by atoms with Crippen LogP contribution in [0.2, 0.25) is 0 Å². The number of benzene rings is 2. The molecule has 6 N–H and O–H groups in total. The number of hydrogen-bond acceptors (Lipinski definition) is 8. The molecule has 10 heteroatoms. The molecule has 10 nitrogen and oxygen atoms in total. The second kappa shape index (κ2) is 8.90. The summed E-state index contributed by atoms with van der Waals surface area (Å²) in [5.41, 5.74) is 11.7. The SMILES string of the molecule is Nc1ccc([N+](=O)[O-])cc1N.O=[N+]([O-])c1ccccc1NCCO. The second-order valence-electron chi connectivity index (χ2n) is 4.49. The lowest BCUT2D eigenvalue weighted by molar-refractivity contribution is -0.384. The van der Waals surface area contributed by atoms with E-state index in [2.05, 4.69) is 5.32 Å². The Morgan fingerprint density at radius 2 is 1.67 bits per heavy atom. The van der Waals surface area contributed by atoms with E-state index in [-0.39, 0.29) is 23.7 Å². The summed E-state index contributed by atoms with van der Waals surface area (Å²) in [6.45, 7) is 0.261. The molecule has 0 atom stereocenters. The van der Waals surface area contributed by atoms with Crippen molar-refractivity contribution in [2.24, 2.45) is 0 Å². The topological polar surface area (TPSA) is 171 Å². The Labute approximate surface area is 137 Å². The average molecular weight is 335 g/mol. The molecule has 0 fully saturated rings. The third-order valence-corrected chi connectivity index (χ3v) is 2.81. The number of nitrogen functional groups attached to an aromatic ring is 2. The average Bonchev–Trinajstić information content (AvgIpc) is 2.56. The van der Waals surface area contributed by atoms with Gasteiger partial charge in [0, 0.05) is 24.7 Å². The van der Waals surface area contributed by atoms with Gasteiger partial charge in [0.05, 0.1) is 27.8 Å². The van der Waals surface area contributed by atoms with Crippen molar-refractivity contribution < 1.29 is 15.0 Å². The molecule has 0 spiro atoms. The molecule has 0 saturated heterocycles. The Bertz CT molecular complexity index is 722. The molecule has 2 aromatic carbocycles. The molecule has 0 amide bonds. The van der Waals surface area contributed by atoms with Crippen LogP contribution in [0.3, 0.4) is 0 Å². The van der Waals surface area contributed by atoms with Crippen LogP contribution >= 0.6 is 0 Å². The number of nitro benzene ring substituents is 2. The minimum atomic E-state index is -0.518. The first-order valence-corrected chi connectivity index (χ1v) is 6.74. The van der Waals surface area contributed by atoms with Crippen LogP contribution < -0.4 is 16.8 Å². The zero-order valence-electron chi connectivity index (χ0n) is 12.6. The lowest BCUT2D eigenvalue weighted by Crippen LogP contribution is -2.07. The van der Waals surface area contributed by atoms with Gasteiger partial charge in [0.15, 0.2) is 0 Å². The number of nitrogens with zero attached hydrogens (tertiary/aromatic N) is 2. The number of nitrogens with two attached hydrogens (primary N) is 2. The highest BCUT2D eigenvalue weighted by molar-refractivity contribution is 5.66. The Balaban J connectivity index is 0.000000243. The van der Waals surface area contributed by atoms with Crippen molar-refractivity contribution in [1.29, 1.82) is 0 Å². The van der Waals surface area contributed by atoms with Gasteiger partial charge in [0.1, 0.15) is 5.69 Å². The molecule has 0 bridgehead atoms. The zero-order valence-corrected chi connectivity index (χ0v) is 12.6. The van der Waals surface area contributed by atoms with Crippen LogP contribution in [-0.2, 0) is 0 Å². The number of aliphatic hydroxyl groups excluding tert-OH is 1. The third-order valence-electron chi connectivity index (χ3n) is 2.81. The van der Waals surface area contributed by atoms with Crippen molar-refractivity contribution in [1.82, 2.24) is 0 Å². The molecule has 0 heterocycles. The Morgan fingerprint density at radius 3 is 2.21 bits per heavy atom. The van der Waals surface area contributed by atoms with Crippen LogP contribution in [0.25, 0.3) is 0 Å². The number of hydrogen-bond donors (Lipinski definition) is 4. The van der Waals surface area contributed by atoms with Gasteiger partial charge in [0.25, 0.3) is 11.4 Å². The van der Waals surface area contributed by atoms with E-state index in [0.717, 1.165) is 0 Å². The molecule has 24 heavy (non-hydrogen) atoms. The van der Waals surface area contributed by atoms with Crippen molar-refractivity contribution in [3.05, 3.63) is 62.7 Å². The minimum absolute atomic E-state index is 0.0240. The fraction of sp³-hybridized carbons (Fsp3) is 0.143. The van der Waals surface area contributed by atoms with Gasteiger partial charge in [-0.1, -0.05) is 12.1 Å². The van der Waals surface area contributed by atoms with E-state index in [9.17, 15) is 20.2 Å². The van der Waals surface area contributed by atoms with Crippen molar-refractivity contribution in [3.8, 4) is 0 Å². The predicted octanol–water partition coefficient (Wildman–Crippen LogP) is 1.76. The highest BCUT2D eigenvalue weighted by Gasteiger charge is 2.10. The van der Waals surface area contributed by atoms with E-state index in [1.165, 1.54) is 24.3 Å². The highest BCUT2D eigenvalue weighted by Crippen LogP contribution is 2.22. The highest BCUT2D eigenvalue weighted by atomic mass is 16.6. The number of aliphatic hydroxyl groups is 1. The van der Waals surface area contributed by atoms with E-state index in [1.807, 2.05) is 0 Å². The molecule has 0 radical (unpaired) electrons. The smallest absolute Gasteiger partial charge is 0.292 e. The molecule has 0 aliphatic heterocycles. The standard InChI is InChI=1S/C8H10N2O3.C6H7N3O2/c11-6-5-9-7-3-1-2-4-8(7)10(12)13;7-5-2-1-4(9(10)11)3-6(5)8/h1-4,9,11H,5-6H2;1-3H,7-8H2. The first kappa shape index (κ1) is 18.6. The minimum Gasteiger partial charge on any atom is -0.397 e. The van der Waals surface area contributed by atoms with Gasteiger partial charge in [-0.25, -0.2) is 0 Å². The van der Waals surface area contributed by atoms with E-state index < -0.39 is 9.85 Å². The van der Waals surface area contributed by atoms with Gasteiger partial charge in [-0.05, 0) is 12.1 Å². The van der Waals surface area contributed by atoms with Crippen molar-refractivity contribution in [2.45, 2.75) is 0 Å². The van der Waals surface area contributed by atoms with Crippen molar-refractivity contribution in [2.75, 3.05) is 29.9 Å². The fourth-order valence-electron chi connectivity index (χ4n) is 1.65. The van der Waals surface area contributed by atoms with Gasteiger partial charge in [-0.15, -0.1) is 0 Å². The largest absolute Gasteiger partial charge is 0.397 e. The molecule has 0 aromatic heterocycles. The molecule has 128 valence electrons. The van der Waals surface area contributed by atoms with Gasteiger partial charge in [-0.3, -0.25) is 20.2 Å². The summed E-state index contributed by atoms with van der Waals surface area (Å²) >= 11 is 0. The summed E-state index contributed by atoms with van der Waals surface area (Å²) < 4.78 is 0. The van der Waals surface area contributed by atoms with E-state index >= 15 is 0 Å². The Hall–Kier alpha value is -3.40. The van der Waals surface area contributed by atoms with Crippen molar-refractivity contribution in [3.63, 3.8) is 0 Å². The molecule has 0 saturated carbocycles. The molecule has 0 aliphatic carbocycles. The van der Waals surface area contributed by atoms with E-state index in [4.69, 9.17) is 16.6 Å². The Kier molecular flexibility index (Phi) is 6.92. The summed E-state index contributed by atoms with van der Waals surface area (Å²) in [7, 11) is 0. The molecule has 2 aromatic rings. The van der Waals surface area contributed by atoms with Crippen LogP contribution in [0.5, 0.6) is 0 Å². The first-order valence-electron chi connectivity index (χ1n) is 6.74. The van der Waals surface area contributed by atoms with Crippen molar-refractivity contribution >= 4 is 28.4 Å². The third kappa shape index (κ3) is 5.42. The summed E-state index contributed by atoms with van der Waals surface area (Å²) in [5.74, 6) is 0. The number of para-hydroxylation sites is 2. The van der Waals surface area contributed by atoms with E-state index in [1.54, 1.807) is 18.2 Å². The monoisotopic (exact) mass is 335 g/mol. The zero-order chi connectivity index (χ0) is 18.1. The van der Waals surface area contributed by atoms with Gasteiger partial charge in [-0.2, -0.15) is 0 Å². The molecule has 0 aliphatic rings. The van der Waals surface area contributed by atoms with Crippen LogP contribution in [0, 0.1) is 20.2 Å². The normalized spacial score (nSPS) is 9.54. The summed E-state index contributed by atoms with van der Waals surface area (Å²) in [6, 6.07) is 10.3. The maximum Gasteiger partial charge on any atom is 0.292 e. The predicted molar refractivity (Wildman–Crippen MR) is 90.6 cm³/mol. The number of nitro groups is 2. The molecule has 0 unspecified atom stereocenters. The number of anilines is 3. The van der Waals surface area contributed by atoms with Gasteiger partial charge >= 0.3 is 0 Å². The lowest BCUT2D eigenvalue weighted by atomic mass is 10.2. The quantitative estimate of drug-likeness (QED) is 0.363. The second-order valence-corrected chi connectivity index (χ2v) is 4.49. The molecular formula is C14H17N5O5. The van der Waals surface area contributed by atoms with Crippen LogP contribution in [0.15, 0.2) is 42.5 Å². The fourth-order valence-corrected chi connectivity index (χ4v) is 1.65. The molecular weight excluding hydrogens is 318 g/mol. The first-order chi connectivity index (χ1) is 11.4. The number of non-ortho nitro benzene ring substituents is 1. The van der Waals surface area contributed by atoms with E-state index in [0.29, 0.717) is 17.9 Å². The molecule has 2 rings (SSSR count). The number of rotatable bonds is 5. The lowest BCUT2D eigenvalue weighted by Gasteiger charge is -2.03. The van der Waals surface area contributed by atoms with Crippen LogP contribution in [0.4, 0.5) is 28.4 Å². The summed E-state index contributed by atoms with van der Waals surface area (Å²) in [6.07, 6.45) is 0. The van der Waals surface area contributed by atoms with Gasteiger partial charge in [0.2, 0.25) is 0 Å².